The van der Waals surface area contributed by atoms with Crippen molar-refractivity contribution in [2.24, 2.45) is 0 Å². The van der Waals surface area contributed by atoms with E-state index in [1.165, 1.54) is 5.56 Å². The monoisotopic (exact) mass is 353 g/mol. The summed E-state index contributed by atoms with van der Waals surface area (Å²) >= 11 is 2.00. The molecule has 1 heterocycles. The van der Waals surface area contributed by atoms with Crippen molar-refractivity contribution in [1.29, 1.82) is 0 Å². The van der Waals surface area contributed by atoms with Crippen LogP contribution in [0, 0.1) is 3.57 Å². The number of hydrogen-bond donors (Lipinski definition) is 1. The molecule has 18 heavy (non-hydrogen) atoms. The lowest BCUT2D eigenvalue weighted by molar-refractivity contribution is 0.0689. The maximum Gasteiger partial charge on any atom is 0.355 e. The van der Waals surface area contributed by atoms with Gasteiger partial charge in [0.05, 0.1) is 0 Å². The number of aryl methyl sites for hydroxylation is 1. The number of halogens is 1. The Morgan fingerprint density at radius 1 is 1.33 bits per heavy atom. The summed E-state index contributed by atoms with van der Waals surface area (Å²) in [6.07, 6.45) is 2.59. The summed E-state index contributed by atoms with van der Waals surface area (Å²) in [6.45, 7) is 2.11. The minimum absolute atomic E-state index is 0.103. The number of aromatic nitrogens is 1. The van der Waals surface area contributed by atoms with E-state index in [2.05, 4.69) is 24.0 Å². The van der Waals surface area contributed by atoms with Gasteiger partial charge in [0.25, 0.3) is 0 Å². The lowest BCUT2D eigenvalue weighted by Crippen LogP contribution is -2.03. The van der Waals surface area contributed by atoms with Crippen molar-refractivity contribution in [3.05, 3.63) is 51.4 Å². The molecule has 3 nitrogen and oxygen atoms in total. The topological polar surface area (TPSA) is 50.2 Å². The van der Waals surface area contributed by atoms with Crippen molar-refractivity contribution < 1.29 is 9.90 Å². The molecule has 0 radical (unpaired) electrons. The van der Waals surface area contributed by atoms with Crippen LogP contribution in [-0.2, 0) is 6.42 Å². The van der Waals surface area contributed by atoms with E-state index < -0.39 is 5.97 Å². The van der Waals surface area contributed by atoms with Gasteiger partial charge in [-0.05, 0) is 46.2 Å². The first-order chi connectivity index (χ1) is 8.61. The van der Waals surface area contributed by atoms with Gasteiger partial charge in [-0.1, -0.05) is 31.2 Å². The third-order valence-electron chi connectivity index (χ3n) is 2.71. The minimum atomic E-state index is -0.992. The Labute approximate surface area is 119 Å². The number of rotatable bonds is 3. The van der Waals surface area contributed by atoms with Gasteiger partial charge in [0.1, 0.15) is 0 Å². The molecule has 0 aliphatic heterocycles. The van der Waals surface area contributed by atoms with Crippen LogP contribution in [0.4, 0.5) is 0 Å². The van der Waals surface area contributed by atoms with Gasteiger partial charge >= 0.3 is 5.97 Å². The highest BCUT2D eigenvalue weighted by molar-refractivity contribution is 14.1. The first-order valence-corrected chi connectivity index (χ1v) is 6.68. The number of nitrogens with zero attached hydrogens (tertiary/aromatic N) is 1. The maximum atomic E-state index is 10.9. The summed E-state index contributed by atoms with van der Waals surface area (Å²) in [5, 5.41) is 8.94. The van der Waals surface area contributed by atoms with E-state index in [1.807, 2.05) is 40.8 Å². The number of carbonyl (C=O) groups is 1. The molecule has 0 saturated carbocycles. The largest absolute Gasteiger partial charge is 0.476 e. The van der Waals surface area contributed by atoms with Gasteiger partial charge in [0.15, 0.2) is 5.69 Å². The zero-order chi connectivity index (χ0) is 13.1. The number of hydrogen-bond acceptors (Lipinski definition) is 2. The van der Waals surface area contributed by atoms with Gasteiger partial charge in [0.2, 0.25) is 0 Å². The van der Waals surface area contributed by atoms with Crippen LogP contribution in [0.15, 0.2) is 36.5 Å². The summed E-state index contributed by atoms with van der Waals surface area (Å²) in [5.41, 5.74) is 3.37. The van der Waals surface area contributed by atoms with Crippen LogP contribution >= 0.6 is 22.6 Å². The fourth-order valence-corrected chi connectivity index (χ4v) is 2.43. The fourth-order valence-electron chi connectivity index (χ4n) is 1.72. The van der Waals surface area contributed by atoms with Crippen molar-refractivity contribution in [3.8, 4) is 11.1 Å². The van der Waals surface area contributed by atoms with Crippen molar-refractivity contribution in [2.45, 2.75) is 13.3 Å². The zero-order valence-corrected chi connectivity index (χ0v) is 12.0. The highest BCUT2D eigenvalue weighted by Gasteiger charge is 2.11. The van der Waals surface area contributed by atoms with Gasteiger partial charge in [-0.2, -0.15) is 0 Å². The molecule has 0 amide bonds. The third kappa shape index (κ3) is 2.69. The average Bonchev–Trinajstić information content (AvgIpc) is 2.38. The summed E-state index contributed by atoms with van der Waals surface area (Å²) in [4.78, 5) is 14.9. The van der Waals surface area contributed by atoms with Gasteiger partial charge in [-0.3, -0.25) is 0 Å². The Balaban J connectivity index is 2.45. The Kier molecular flexibility index (Phi) is 3.96. The van der Waals surface area contributed by atoms with E-state index in [4.69, 9.17) is 5.11 Å². The smallest absolute Gasteiger partial charge is 0.355 e. The third-order valence-corrected chi connectivity index (χ3v) is 3.53. The molecule has 4 heteroatoms. The highest BCUT2D eigenvalue weighted by Crippen LogP contribution is 2.23. The molecule has 0 aliphatic rings. The Hall–Kier alpha value is -1.43. The average molecular weight is 353 g/mol. The quantitative estimate of drug-likeness (QED) is 0.858. The van der Waals surface area contributed by atoms with Crippen LogP contribution in [0.5, 0.6) is 0 Å². The molecule has 1 N–H and O–H groups in total. The molecule has 1 aromatic carbocycles. The molecular formula is C14H12INO2. The lowest BCUT2D eigenvalue weighted by atomic mass is 10.0. The van der Waals surface area contributed by atoms with E-state index in [-0.39, 0.29) is 5.69 Å². The van der Waals surface area contributed by atoms with Crippen LogP contribution in [0.25, 0.3) is 11.1 Å². The second kappa shape index (κ2) is 5.48. The number of carboxylic acids is 1. The van der Waals surface area contributed by atoms with E-state index in [1.54, 1.807) is 6.20 Å². The van der Waals surface area contributed by atoms with Crippen LogP contribution in [0.3, 0.4) is 0 Å². The minimum Gasteiger partial charge on any atom is -0.476 e. The number of pyridine rings is 1. The molecule has 92 valence electrons. The molecule has 0 spiro atoms. The van der Waals surface area contributed by atoms with Gasteiger partial charge < -0.3 is 5.11 Å². The normalized spacial score (nSPS) is 10.3. The molecule has 1 aromatic heterocycles. The lowest BCUT2D eigenvalue weighted by Gasteiger charge is -2.05. The summed E-state index contributed by atoms with van der Waals surface area (Å²) in [6, 6.07) is 10.0. The zero-order valence-electron chi connectivity index (χ0n) is 9.85. The fraction of sp³-hybridized carbons (Fsp3) is 0.143. The Bertz CT molecular complexity index is 596. The van der Waals surface area contributed by atoms with E-state index in [0.717, 1.165) is 17.5 Å². The maximum absolute atomic E-state index is 10.9. The molecule has 0 bridgehead atoms. The van der Waals surface area contributed by atoms with Crippen LogP contribution in [0.2, 0.25) is 0 Å². The molecule has 0 atom stereocenters. The SMILES string of the molecule is CCc1cccc(-c2cnc(C(=O)O)c(I)c2)c1. The van der Waals surface area contributed by atoms with Crippen molar-refractivity contribution in [3.63, 3.8) is 0 Å². The standard InChI is InChI=1S/C14H12INO2/c1-2-9-4-3-5-10(6-9)11-7-12(15)13(14(17)18)16-8-11/h3-8H,2H2,1H3,(H,17,18). The molecule has 0 unspecified atom stereocenters. The predicted molar refractivity (Wildman–Crippen MR) is 78.7 cm³/mol. The van der Waals surface area contributed by atoms with Crippen molar-refractivity contribution >= 4 is 28.6 Å². The first-order valence-electron chi connectivity index (χ1n) is 5.60. The Morgan fingerprint density at radius 3 is 2.72 bits per heavy atom. The summed E-state index contributed by atoms with van der Waals surface area (Å²) in [7, 11) is 0. The van der Waals surface area contributed by atoms with E-state index in [0.29, 0.717) is 3.57 Å². The summed E-state index contributed by atoms with van der Waals surface area (Å²) in [5.74, 6) is -0.992. The molecular weight excluding hydrogens is 341 g/mol. The van der Waals surface area contributed by atoms with Gasteiger partial charge in [0, 0.05) is 15.3 Å². The van der Waals surface area contributed by atoms with Crippen LogP contribution < -0.4 is 0 Å². The molecule has 2 rings (SSSR count). The Morgan fingerprint density at radius 2 is 2.11 bits per heavy atom. The van der Waals surface area contributed by atoms with Crippen LogP contribution in [0.1, 0.15) is 23.0 Å². The van der Waals surface area contributed by atoms with Crippen LogP contribution in [-0.4, -0.2) is 16.1 Å². The molecule has 0 fully saturated rings. The molecule has 2 aromatic rings. The number of aromatic carboxylic acids is 1. The van der Waals surface area contributed by atoms with Crippen molar-refractivity contribution in [1.82, 2.24) is 4.98 Å². The van der Waals surface area contributed by atoms with E-state index >= 15 is 0 Å². The molecule has 0 saturated heterocycles. The van der Waals surface area contributed by atoms with E-state index in [9.17, 15) is 4.79 Å². The summed E-state index contributed by atoms with van der Waals surface area (Å²) < 4.78 is 0.652. The highest BCUT2D eigenvalue weighted by atomic mass is 127. The number of carboxylic acid groups (broad SMARTS) is 1. The van der Waals surface area contributed by atoms with Gasteiger partial charge in [-0.25, -0.2) is 9.78 Å². The first kappa shape index (κ1) is 13.0. The van der Waals surface area contributed by atoms with Gasteiger partial charge in [-0.15, -0.1) is 0 Å². The second-order valence-electron chi connectivity index (χ2n) is 3.91. The molecule has 0 aliphatic carbocycles. The van der Waals surface area contributed by atoms with Crippen molar-refractivity contribution in [2.75, 3.05) is 0 Å². The predicted octanol–water partition coefficient (Wildman–Crippen LogP) is 3.61. The second-order valence-corrected chi connectivity index (χ2v) is 5.08. The number of benzene rings is 1.